The molecule has 2 aliphatic rings. The highest BCUT2D eigenvalue weighted by molar-refractivity contribution is 5.94. The van der Waals surface area contributed by atoms with E-state index in [0.717, 1.165) is 37.3 Å². The van der Waals surface area contributed by atoms with Gasteiger partial charge in [0.15, 0.2) is 5.69 Å². The van der Waals surface area contributed by atoms with Crippen LogP contribution in [0.5, 0.6) is 0 Å². The Kier molecular flexibility index (Phi) is 3.09. The molecule has 0 aromatic carbocycles. The summed E-state index contributed by atoms with van der Waals surface area (Å²) in [5.74, 6) is 0.593. The van der Waals surface area contributed by atoms with Crippen LogP contribution in [0.3, 0.4) is 0 Å². The third-order valence-electron chi connectivity index (χ3n) is 4.74. The largest absolute Gasteiger partial charge is 0.350 e. The van der Waals surface area contributed by atoms with Crippen molar-refractivity contribution in [3.63, 3.8) is 0 Å². The Labute approximate surface area is 113 Å². The number of fused-ring (bicyclic) bond motifs is 1. The maximum Gasteiger partial charge on any atom is 0.272 e. The van der Waals surface area contributed by atoms with E-state index in [1.165, 1.54) is 12.8 Å². The van der Waals surface area contributed by atoms with E-state index in [0.29, 0.717) is 17.0 Å². The number of hydrogen-bond donors (Lipinski definition) is 3. The summed E-state index contributed by atoms with van der Waals surface area (Å²) < 4.78 is 0. The highest BCUT2D eigenvalue weighted by Crippen LogP contribution is 2.51. The molecule has 0 saturated heterocycles. The van der Waals surface area contributed by atoms with E-state index in [1.807, 2.05) is 0 Å². The molecule has 5 heteroatoms. The van der Waals surface area contributed by atoms with E-state index < -0.39 is 0 Å². The van der Waals surface area contributed by atoms with Crippen LogP contribution in [0.4, 0.5) is 0 Å². The molecule has 3 rings (SSSR count). The quantitative estimate of drug-likeness (QED) is 0.764. The molecule has 2 heterocycles. The first kappa shape index (κ1) is 12.7. The fourth-order valence-corrected chi connectivity index (χ4v) is 2.87. The minimum absolute atomic E-state index is 0.0341. The first-order chi connectivity index (χ1) is 9.12. The second-order valence-corrected chi connectivity index (χ2v) is 6.16. The van der Waals surface area contributed by atoms with Crippen LogP contribution >= 0.6 is 0 Å². The van der Waals surface area contributed by atoms with Crippen molar-refractivity contribution in [3.8, 4) is 0 Å². The van der Waals surface area contributed by atoms with Crippen molar-refractivity contribution in [3.05, 3.63) is 17.0 Å². The lowest BCUT2D eigenvalue weighted by Gasteiger charge is -2.20. The summed E-state index contributed by atoms with van der Waals surface area (Å²) in [5, 5.41) is 13.5. The third-order valence-corrected chi connectivity index (χ3v) is 4.74. The van der Waals surface area contributed by atoms with Crippen LogP contribution in [0, 0.1) is 11.3 Å². The average molecular weight is 262 g/mol. The van der Waals surface area contributed by atoms with E-state index in [4.69, 9.17) is 0 Å². The zero-order chi connectivity index (χ0) is 13.5. The van der Waals surface area contributed by atoms with E-state index in [1.54, 1.807) is 0 Å². The van der Waals surface area contributed by atoms with Crippen molar-refractivity contribution in [2.75, 3.05) is 13.1 Å². The zero-order valence-electron chi connectivity index (χ0n) is 11.7. The second-order valence-electron chi connectivity index (χ2n) is 6.16. The van der Waals surface area contributed by atoms with E-state index in [9.17, 15) is 4.79 Å². The van der Waals surface area contributed by atoms with Gasteiger partial charge in [0.1, 0.15) is 0 Å². The molecule has 1 aliphatic heterocycles. The molecule has 19 heavy (non-hydrogen) atoms. The van der Waals surface area contributed by atoms with Gasteiger partial charge in [-0.2, -0.15) is 5.10 Å². The van der Waals surface area contributed by atoms with Crippen LogP contribution in [0.2, 0.25) is 0 Å². The number of rotatable bonds is 4. The Balaban J connectivity index is 1.66. The van der Waals surface area contributed by atoms with E-state index in [-0.39, 0.29) is 5.91 Å². The molecule has 0 radical (unpaired) electrons. The van der Waals surface area contributed by atoms with Gasteiger partial charge in [0, 0.05) is 37.3 Å². The molecule has 0 atom stereocenters. The Hall–Kier alpha value is -1.36. The molecule has 1 aromatic rings. The van der Waals surface area contributed by atoms with Gasteiger partial charge in [-0.1, -0.05) is 13.8 Å². The van der Waals surface area contributed by atoms with Crippen LogP contribution in [0.1, 0.15) is 48.4 Å². The lowest BCUT2D eigenvalue weighted by molar-refractivity contribution is 0.0933. The summed E-state index contributed by atoms with van der Waals surface area (Å²) in [6.45, 7) is 6.94. The normalized spacial score (nSPS) is 20.2. The van der Waals surface area contributed by atoms with E-state index >= 15 is 0 Å². The summed E-state index contributed by atoms with van der Waals surface area (Å²) in [5.41, 5.74) is 3.05. The second kappa shape index (κ2) is 4.63. The highest BCUT2D eigenvalue weighted by atomic mass is 16.1. The molecule has 1 amide bonds. The number of amides is 1. The van der Waals surface area contributed by atoms with Crippen molar-refractivity contribution < 1.29 is 4.79 Å². The van der Waals surface area contributed by atoms with Gasteiger partial charge in [-0.3, -0.25) is 9.89 Å². The minimum Gasteiger partial charge on any atom is -0.350 e. The maximum absolute atomic E-state index is 12.3. The first-order valence-electron chi connectivity index (χ1n) is 7.17. The lowest BCUT2D eigenvalue weighted by atomic mass is 9.92. The van der Waals surface area contributed by atoms with Gasteiger partial charge in [-0.05, 0) is 24.2 Å². The van der Waals surface area contributed by atoms with Crippen LogP contribution in [-0.2, 0) is 13.0 Å². The monoisotopic (exact) mass is 262 g/mol. The number of H-pyrrole nitrogens is 1. The van der Waals surface area contributed by atoms with Crippen LogP contribution in [-0.4, -0.2) is 29.2 Å². The number of nitrogens with zero attached hydrogens (tertiary/aromatic N) is 1. The SMILES string of the molecule is CC(C)C1(CNC(=O)c2n[nH]c3c2CNCC3)CC1. The van der Waals surface area contributed by atoms with Crippen molar-refractivity contribution in [1.82, 2.24) is 20.8 Å². The molecule has 1 fully saturated rings. The summed E-state index contributed by atoms with van der Waals surface area (Å²) in [7, 11) is 0. The molecule has 5 nitrogen and oxygen atoms in total. The molecule has 1 saturated carbocycles. The van der Waals surface area contributed by atoms with Crippen molar-refractivity contribution in [2.24, 2.45) is 11.3 Å². The van der Waals surface area contributed by atoms with Crippen LogP contribution in [0.15, 0.2) is 0 Å². The number of carbonyl (C=O) groups excluding carboxylic acids is 1. The predicted octanol–water partition coefficient (Wildman–Crippen LogP) is 1.22. The Morgan fingerprint density at radius 2 is 2.26 bits per heavy atom. The average Bonchev–Trinajstić information content (AvgIpc) is 3.09. The predicted molar refractivity (Wildman–Crippen MR) is 72.8 cm³/mol. The van der Waals surface area contributed by atoms with Gasteiger partial charge in [-0.15, -0.1) is 0 Å². The van der Waals surface area contributed by atoms with E-state index in [2.05, 4.69) is 34.7 Å². The first-order valence-corrected chi connectivity index (χ1v) is 7.17. The third kappa shape index (κ3) is 2.27. The molecule has 0 bridgehead atoms. The molecular formula is C14H22N4O. The molecule has 1 aromatic heterocycles. The fourth-order valence-electron chi connectivity index (χ4n) is 2.87. The summed E-state index contributed by atoms with van der Waals surface area (Å²) in [4.78, 5) is 12.3. The van der Waals surface area contributed by atoms with Crippen molar-refractivity contribution in [1.29, 1.82) is 0 Å². The van der Waals surface area contributed by atoms with Gasteiger partial charge in [0.05, 0.1) is 0 Å². The van der Waals surface area contributed by atoms with Crippen molar-refractivity contribution >= 4 is 5.91 Å². The number of hydrogen-bond acceptors (Lipinski definition) is 3. The summed E-state index contributed by atoms with van der Waals surface area (Å²) >= 11 is 0. The van der Waals surface area contributed by atoms with Gasteiger partial charge in [-0.25, -0.2) is 0 Å². The van der Waals surface area contributed by atoms with Gasteiger partial charge in [0.25, 0.3) is 5.91 Å². The summed E-state index contributed by atoms with van der Waals surface area (Å²) in [6, 6.07) is 0. The van der Waals surface area contributed by atoms with Gasteiger partial charge in [0.2, 0.25) is 0 Å². The van der Waals surface area contributed by atoms with Gasteiger partial charge >= 0.3 is 0 Å². The smallest absolute Gasteiger partial charge is 0.272 e. The standard InChI is InChI=1S/C14H22N4O/c1-9(2)14(4-5-14)8-16-13(19)12-10-7-15-6-3-11(10)17-18-12/h9,15H,3-8H2,1-2H3,(H,16,19)(H,17,18). The Morgan fingerprint density at radius 1 is 1.47 bits per heavy atom. The minimum atomic E-state index is -0.0341. The Bertz CT molecular complexity index is 488. The molecule has 1 aliphatic carbocycles. The molecule has 0 spiro atoms. The zero-order valence-corrected chi connectivity index (χ0v) is 11.7. The molecule has 104 valence electrons. The van der Waals surface area contributed by atoms with Crippen molar-refractivity contribution in [2.45, 2.75) is 39.7 Å². The Morgan fingerprint density at radius 3 is 2.95 bits per heavy atom. The molecule has 0 unspecified atom stereocenters. The number of carbonyl (C=O) groups is 1. The van der Waals surface area contributed by atoms with Gasteiger partial charge < -0.3 is 10.6 Å². The fraction of sp³-hybridized carbons (Fsp3) is 0.714. The maximum atomic E-state index is 12.3. The lowest BCUT2D eigenvalue weighted by Crippen LogP contribution is -2.34. The number of nitrogens with one attached hydrogen (secondary N) is 3. The highest BCUT2D eigenvalue weighted by Gasteiger charge is 2.45. The number of aromatic amines is 1. The van der Waals surface area contributed by atoms with Crippen LogP contribution in [0.25, 0.3) is 0 Å². The molecular weight excluding hydrogens is 240 g/mol. The number of aromatic nitrogens is 2. The molecule has 3 N–H and O–H groups in total. The topological polar surface area (TPSA) is 69.8 Å². The summed E-state index contributed by atoms with van der Waals surface area (Å²) in [6.07, 6.45) is 3.38. The van der Waals surface area contributed by atoms with Crippen LogP contribution < -0.4 is 10.6 Å².